The number of benzene rings is 3. The molecule has 0 unspecified atom stereocenters. The van der Waals surface area contributed by atoms with Crippen molar-refractivity contribution >= 4 is 55.2 Å². The van der Waals surface area contributed by atoms with Gasteiger partial charge in [-0.25, -0.2) is 4.98 Å². The van der Waals surface area contributed by atoms with Crippen LogP contribution in [0.3, 0.4) is 0 Å². The zero-order valence-electron chi connectivity index (χ0n) is 18.6. The van der Waals surface area contributed by atoms with Crippen molar-refractivity contribution in [2.45, 2.75) is 6.04 Å². The lowest BCUT2D eigenvalue weighted by Gasteiger charge is -2.24. The molecule has 0 bridgehead atoms. The van der Waals surface area contributed by atoms with E-state index in [0.29, 0.717) is 43.7 Å². The number of para-hydroxylation sites is 1. The highest BCUT2D eigenvalue weighted by Gasteiger charge is 2.46. The van der Waals surface area contributed by atoms with Crippen LogP contribution in [0.25, 0.3) is 21.2 Å². The third-order valence-corrected chi connectivity index (χ3v) is 7.31. The van der Waals surface area contributed by atoms with Crippen LogP contribution in [0.15, 0.2) is 69.9 Å². The number of anilines is 1. The maximum Gasteiger partial charge on any atom is 0.297 e. The molecule has 3 heterocycles. The monoisotopic (exact) mass is 504 g/mol. The number of amides is 1. The molecular weight excluding hydrogens is 488 g/mol. The highest BCUT2D eigenvalue weighted by atomic mass is 35.5. The number of aromatic nitrogens is 1. The molecule has 0 N–H and O–H groups in total. The molecule has 0 saturated heterocycles. The number of ether oxygens (including phenoxy) is 2. The molecule has 0 spiro atoms. The van der Waals surface area contributed by atoms with Gasteiger partial charge in [-0.05, 0) is 42.5 Å². The van der Waals surface area contributed by atoms with Crippen molar-refractivity contribution in [2.75, 3.05) is 19.1 Å². The molecule has 35 heavy (non-hydrogen) atoms. The van der Waals surface area contributed by atoms with Crippen molar-refractivity contribution in [1.82, 2.24) is 4.98 Å². The van der Waals surface area contributed by atoms with Crippen LogP contribution in [-0.4, -0.2) is 25.1 Å². The molecule has 1 aliphatic heterocycles. The molecule has 0 fully saturated rings. The predicted molar refractivity (Wildman–Crippen MR) is 135 cm³/mol. The van der Waals surface area contributed by atoms with Gasteiger partial charge in [0.2, 0.25) is 5.76 Å². The minimum atomic E-state index is -0.810. The third kappa shape index (κ3) is 3.29. The van der Waals surface area contributed by atoms with Crippen molar-refractivity contribution in [1.29, 1.82) is 0 Å². The fraction of sp³-hybridized carbons (Fsp3) is 0.115. The molecule has 174 valence electrons. The van der Waals surface area contributed by atoms with Crippen molar-refractivity contribution in [3.05, 3.63) is 92.8 Å². The first-order chi connectivity index (χ1) is 17.0. The Hall–Kier alpha value is -3.88. The Kier molecular flexibility index (Phi) is 5.01. The number of nitrogens with zero attached hydrogens (tertiary/aromatic N) is 2. The summed E-state index contributed by atoms with van der Waals surface area (Å²) in [6.07, 6.45) is 0. The Morgan fingerprint density at radius 2 is 1.86 bits per heavy atom. The zero-order chi connectivity index (χ0) is 24.3. The number of fused-ring (bicyclic) bond motifs is 3. The lowest BCUT2D eigenvalue weighted by Crippen LogP contribution is -2.29. The Morgan fingerprint density at radius 3 is 2.66 bits per heavy atom. The van der Waals surface area contributed by atoms with E-state index in [0.717, 1.165) is 4.70 Å². The van der Waals surface area contributed by atoms with E-state index in [1.54, 1.807) is 67.8 Å². The Morgan fingerprint density at radius 1 is 1.03 bits per heavy atom. The normalized spacial score (nSPS) is 15.1. The molecule has 5 aromatic rings. The summed E-state index contributed by atoms with van der Waals surface area (Å²) in [5, 5.41) is 1.39. The smallest absolute Gasteiger partial charge is 0.297 e. The minimum absolute atomic E-state index is 0.00569. The summed E-state index contributed by atoms with van der Waals surface area (Å²) in [7, 11) is 3.09. The van der Waals surface area contributed by atoms with Crippen LogP contribution in [0.2, 0.25) is 5.02 Å². The molecule has 0 aliphatic carbocycles. The second-order valence-corrected chi connectivity index (χ2v) is 9.41. The van der Waals surface area contributed by atoms with Gasteiger partial charge in [-0.3, -0.25) is 14.5 Å². The maximum atomic E-state index is 13.8. The first-order valence-electron chi connectivity index (χ1n) is 10.7. The Balaban J connectivity index is 1.65. The van der Waals surface area contributed by atoms with Gasteiger partial charge in [0.05, 0.1) is 35.4 Å². The number of hydrogen-bond acceptors (Lipinski definition) is 7. The number of rotatable bonds is 4. The van der Waals surface area contributed by atoms with Crippen molar-refractivity contribution < 1.29 is 18.7 Å². The maximum absolute atomic E-state index is 13.8. The van der Waals surface area contributed by atoms with E-state index in [4.69, 9.17) is 25.5 Å². The summed E-state index contributed by atoms with van der Waals surface area (Å²) in [6, 6.07) is 16.7. The van der Waals surface area contributed by atoms with Crippen molar-refractivity contribution in [3.8, 4) is 11.5 Å². The number of carbonyl (C=O) groups excluding carboxylic acids is 1. The van der Waals surface area contributed by atoms with Crippen molar-refractivity contribution in [3.63, 3.8) is 0 Å². The molecule has 1 aliphatic rings. The van der Waals surface area contributed by atoms with E-state index in [9.17, 15) is 9.59 Å². The summed E-state index contributed by atoms with van der Waals surface area (Å²) >= 11 is 7.49. The topological polar surface area (TPSA) is 81.9 Å². The molecule has 0 radical (unpaired) electrons. The molecule has 7 nitrogen and oxygen atoms in total. The predicted octanol–water partition coefficient (Wildman–Crippen LogP) is 5.82. The highest BCUT2D eigenvalue weighted by molar-refractivity contribution is 7.22. The first-order valence-corrected chi connectivity index (χ1v) is 11.9. The van der Waals surface area contributed by atoms with Gasteiger partial charge in [0, 0.05) is 16.7 Å². The van der Waals surface area contributed by atoms with Crippen LogP contribution >= 0.6 is 22.9 Å². The second kappa shape index (κ2) is 8.11. The molecule has 9 heteroatoms. The molecule has 6 rings (SSSR count). The summed E-state index contributed by atoms with van der Waals surface area (Å²) < 4.78 is 17.8. The van der Waals surface area contributed by atoms with Gasteiger partial charge in [-0.15, -0.1) is 0 Å². The fourth-order valence-electron chi connectivity index (χ4n) is 4.44. The average molecular weight is 505 g/mol. The lowest BCUT2D eigenvalue weighted by atomic mass is 9.97. The number of halogens is 1. The van der Waals surface area contributed by atoms with Gasteiger partial charge >= 0.3 is 0 Å². The Bertz CT molecular complexity index is 1710. The van der Waals surface area contributed by atoms with Crippen LogP contribution in [0.1, 0.15) is 27.7 Å². The molecule has 1 amide bonds. The van der Waals surface area contributed by atoms with E-state index >= 15 is 0 Å². The fourth-order valence-corrected chi connectivity index (χ4v) is 5.71. The van der Waals surface area contributed by atoms with Gasteiger partial charge in [0.15, 0.2) is 10.6 Å². The molecular formula is C26H17ClN2O5S. The van der Waals surface area contributed by atoms with E-state index in [-0.39, 0.29) is 16.8 Å². The SMILES string of the molecule is COc1ccc([C@@H]2c3c(oc4ccccc4c3=O)C(=O)N2c2nc3ccc(Cl)cc3s2)c(OC)c1. The first kappa shape index (κ1) is 21.6. The largest absolute Gasteiger partial charge is 0.497 e. The molecule has 1 atom stereocenters. The van der Waals surface area contributed by atoms with Crippen LogP contribution in [0.4, 0.5) is 5.13 Å². The minimum Gasteiger partial charge on any atom is -0.497 e. The number of methoxy groups -OCH3 is 2. The van der Waals surface area contributed by atoms with Crippen molar-refractivity contribution in [2.24, 2.45) is 0 Å². The molecule has 0 saturated carbocycles. The number of thiazole rings is 1. The quantitative estimate of drug-likeness (QED) is 0.306. The standard InChI is InChI=1S/C26H17ClN2O5S/c1-32-14-8-9-15(19(12-14)33-2)22-21-23(30)16-5-3-4-6-18(16)34-24(21)25(31)29(22)26-28-17-10-7-13(27)11-20(17)35-26/h3-12,22H,1-2H3/t22-/m1/s1. The summed E-state index contributed by atoms with van der Waals surface area (Å²) in [5.41, 5.74) is 1.63. The van der Waals surface area contributed by atoms with Gasteiger partial charge in [-0.2, -0.15) is 0 Å². The van der Waals surface area contributed by atoms with Gasteiger partial charge in [0.1, 0.15) is 23.1 Å². The molecule has 2 aromatic heterocycles. The lowest BCUT2D eigenvalue weighted by molar-refractivity contribution is 0.0971. The summed E-state index contributed by atoms with van der Waals surface area (Å²) in [4.78, 5) is 33.7. The van der Waals surface area contributed by atoms with Crippen LogP contribution in [-0.2, 0) is 0 Å². The van der Waals surface area contributed by atoms with E-state index in [2.05, 4.69) is 4.98 Å². The van der Waals surface area contributed by atoms with Crippen LogP contribution in [0.5, 0.6) is 11.5 Å². The zero-order valence-corrected chi connectivity index (χ0v) is 20.1. The van der Waals surface area contributed by atoms with Gasteiger partial charge < -0.3 is 13.9 Å². The van der Waals surface area contributed by atoms with E-state index in [1.807, 2.05) is 0 Å². The van der Waals surface area contributed by atoms with Crippen LogP contribution < -0.4 is 19.8 Å². The summed E-state index contributed by atoms with van der Waals surface area (Å²) in [6.45, 7) is 0. The van der Waals surface area contributed by atoms with Crippen LogP contribution in [0, 0.1) is 0 Å². The highest BCUT2D eigenvalue weighted by Crippen LogP contribution is 2.46. The summed E-state index contributed by atoms with van der Waals surface area (Å²) in [5.74, 6) is 0.600. The van der Waals surface area contributed by atoms with E-state index < -0.39 is 11.9 Å². The van der Waals surface area contributed by atoms with Gasteiger partial charge in [0.25, 0.3) is 5.91 Å². The number of hydrogen-bond donors (Lipinski definition) is 0. The Labute approximate surface area is 208 Å². The number of carbonyl (C=O) groups is 1. The molecule has 3 aromatic carbocycles. The third-order valence-electron chi connectivity index (χ3n) is 6.06. The van der Waals surface area contributed by atoms with Gasteiger partial charge in [-0.1, -0.05) is 35.1 Å². The van der Waals surface area contributed by atoms with E-state index in [1.165, 1.54) is 23.3 Å². The average Bonchev–Trinajstić information content (AvgIpc) is 3.41. The second-order valence-electron chi connectivity index (χ2n) is 7.96.